The number of hydrogen-bond acceptors (Lipinski definition) is 2. The highest BCUT2D eigenvalue weighted by Crippen LogP contribution is 2.64. The molecule has 2 aliphatic carbocycles. The third-order valence-corrected chi connectivity index (χ3v) is 16.5. The summed E-state index contributed by atoms with van der Waals surface area (Å²) < 4.78 is 2.66. The van der Waals surface area contributed by atoms with E-state index in [1.165, 1.54) is 119 Å². The Bertz CT molecular complexity index is 4190. The molecule has 320 valence electrons. The first-order valence-corrected chi connectivity index (χ1v) is 24.7. The lowest BCUT2D eigenvalue weighted by Crippen LogP contribution is -2.26. The van der Waals surface area contributed by atoms with E-state index < -0.39 is 5.41 Å². The maximum absolute atomic E-state index is 2.52. The van der Waals surface area contributed by atoms with Gasteiger partial charge in [0.05, 0.1) is 11.1 Å². The van der Waals surface area contributed by atoms with Crippen molar-refractivity contribution in [2.24, 2.45) is 0 Å². The van der Waals surface area contributed by atoms with Crippen molar-refractivity contribution in [3.63, 3.8) is 0 Å². The van der Waals surface area contributed by atoms with Gasteiger partial charge in [-0.3, -0.25) is 0 Å². The molecule has 0 saturated carbocycles. The summed E-state index contributed by atoms with van der Waals surface area (Å²) in [6, 6.07) is 93.1. The average Bonchev–Trinajstić information content (AvgIpc) is 4.06. The monoisotopic (exact) mass is 891 g/mol. The second-order valence-corrected chi connectivity index (χ2v) is 19.7. The van der Waals surface area contributed by atoms with Crippen molar-refractivity contribution in [2.45, 2.75) is 5.41 Å². The fraction of sp³-hybridized carbons (Fsp3) is 0.0149. The van der Waals surface area contributed by atoms with Gasteiger partial charge in [-0.05, 0) is 136 Å². The molecule has 0 aliphatic heterocycles. The molecule has 69 heavy (non-hydrogen) atoms. The lowest BCUT2D eigenvalue weighted by atomic mass is 9.70. The first kappa shape index (κ1) is 38.5. The highest BCUT2D eigenvalue weighted by molar-refractivity contribution is 7.26. The van der Waals surface area contributed by atoms with Crippen molar-refractivity contribution >= 4 is 80.9 Å². The zero-order chi connectivity index (χ0) is 45.2. The van der Waals surface area contributed by atoms with Gasteiger partial charge in [-0.25, -0.2) is 0 Å². The van der Waals surface area contributed by atoms with Crippen LogP contribution in [0.2, 0.25) is 0 Å². The average molecular weight is 892 g/mol. The van der Waals surface area contributed by atoms with Crippen LogP contribution < -0.4 is 4.90 Å². The number of nitrogens with zero attached hydrogens (tertiary/aromatic N) is 1. The minimum atomic E-state index is -0.450. The Balaban J connectivity index is 0.945. The Kier molecular flexibility index (Phi) is 8.22. The smallest absolute Gasteiger partial charge is 0.0726 e. The van der Waals surface area contributed by atoms with Gasteiger partial charge >= 0.3 is 0 Å². The van der Waals surface area contributed by atoms with Crippen LogP contribution in [-0.2, 0) is 5.41 Å². The van der Waals surface area contributed by atoms with Crippen LogP contribution in [0.15, 0.2) is 249 Å². The summed E-state index contributed by atoms with van der Waals surface area (Å²) in [5.74, 6) is 0. The van der Waals surface area contributed by atoms with E-state index in [1.807, 2.05) is 11.3 Å². The number of fused-ring (bicyclic) bond motifs is 19. The molecule has 0 atom stereocenters. The van der Waals surface area contributed by atoms with Gasteiger partial charge in [0, 0.05) is 37.1 Å². The molecule has 1 heterocycles. The summed E-state index contributed by atoms with van der Waals surface area (Å²) in [4.78, 5) is 2.52. The SMILES string of the molecule is c1cc(-c2ccc(N(c3ccc4c5ccccc5c5ccccc5c4c3)c3cccc4c3-c3ccccc3C43c4ccccc4-c4ccccc43)cc2)cc(-c2cccc3c2sc2ccccc23)c1. The number of hydrogen-bond donors (Lipinski definition) is 0. The lowest BCUT2D eigenvalue weighted by molar-refractivity contribution is 0.794. The summed E-state index contributed by atoms with van der Waals surface area (Å²) in [6.45, 7) is 0. The molecular formula is C67H41NS. The quantitative estimate of drug-likeness (QED) is 0.156. The standard InChI is InChI=1S/C67H41NS/c1-2-20-50-48(18-1)49-19-3-4-21-51(49)58-41-46(38-39-52(50)58)68(45-36-34-42(35-37-45)43-16-13-17-44(40-43)47-26-14-27-56-55-24-8-12-33-64(55)69-66(47)56)63-32-15-31-62-65(63)57-25-7-11-30-61(57)67(62)59-28-9-5-22-53(59)54-23-6-10-29-60(54)67/h1-41H. The van der Waals surface area contributed by atoms with E-state index in [0.717, 1.165) is 17.1 Å². The molecule has 2 aliphatic rings. The molecule has 0 unspecified atom stereocenters. The van der Waals surface area contributed by atoms with Crippen molar-refractivity contribution in [2.75, 3.05) is 4.90 Å². The Morgan fingerprint density at radius 1 is 0.290 bits per heavy atom. The molecule has 0 saturated heterocycles. The van der Waals surface area contributed by atoms with Gasteiger partial charge in [-0.2, -0.15) is 0 Å². The molecular weight excluding hydrogens is 851 g/mol. The largest absolute Gasteiger partial charge is 0.310 e. The van der Waals surface area contributed by atoms with Gasteiger partial charge in [0.2, 0.25) is 0 Å². The number of rotatable bonds is 5. The van der Waals surface area contributed by atoms with Crippen LogP contribution in [0.1, 0.15) is 22.3 Å². The molecule has 0 amide bonds. The van der Waals surface area contributed by atoms with E-state index >= 15 is 0 Å². The minimum Gasteiger partial charge on any atom is -0.310 e. The highest BCUT2D eigenvalue weighted by atomic mass is 32.1. The number of anilines is 3. The van der Waals surface area contributed by atoms with Crippen LogP contribution in [0.3, 0.4) is 0 Å². The Hall–Kier alpha value is -8.56. The van der Waals surface area contributed by atoms with Crippen LogP contribution in [0.5, 0.6) is 0 Å². The summed E-state index contributed by atoms with van der Waals surface area (Å²) in [5.41, 5.74) is 18.3. The molecule has 0 bridgehead atoms. The molecule has 0 radical (unpaired) electrons. The van der Waals surface area contributed by atoms with Gasteiger partial charge in [0.1, 0.15) is 0 Å². The van der Waals surface area contributed by atoms with Gasteiger partial charge in [0.15, 0.2) is 0 Å². The molecule has 13 aromatic rings. The predicted octanol–water partition coefficient (Wildman–Crippen LogP) is 18.7. The fourth-order valence-electron chi connectivity index (χ4n) is 12.4. The summed E-state index contributed by atoms with van der Waals surface area (Å²) in [5, 5.41) is 10.2. The maximum atomic E-state index is 2.52. The fourth-order valence-corrected chi connectivity index (χ4v) is 13.7. The Morgan fingerprint density at radius 2 is 0.783 bits per heavy atom. The normalized spacial score (nSPS) is 13.0. The summed E-state index contributed by atoms with van der Waals surface area (Å²) >= 11 is 1.89. The van der Waals surface area contributed by atoms with E-state index in [0.29, 0.717) is 0 Å². The van der Waals surface area contributed by atoms with Crippen molar-refractivity contribution in [1.82, 2.24) is 0 Å². The zero-order valence-electron chi connectivity index (χ0n) is 37.5. The molecule has 1 spiro atoms. The van der Waals surface area contributed by atoms with E-state index in [1.54, 1.807) is 0 Å². The van der Waals surface area contributed by atoms with Gasteiger partial charge < -0.3 is 4.90 Å². The van der Waals surface area contributed by atoms with Crippen molar-refractivity contribution in [3.8, 4) is 44.5 Å². The van der Waals surface area contributed by atoms with Crippen molar-refractivity contribution in [3.05, 3.63) is 271 Å². The second kappa shape index (κ2) is 14.7. The third kappa shape index (κ3) is 5.41. The number of thiophene rings is 1. The minimum absolute atomic E-state index is 0.450. The molecule has 0 fully saturated rings. The van der Waals surface area contributed by atoms with Crippen LogP contribution >= 0.6 is 11.3 Å². The Labute approximate surface area is 404 Å². The molecule has 0 N–H and O–H groups in total. The van der Waals surface area contributed by atoms with Crippen LogP contribution in [0, 0.1) is 0 Å². The molecule has 1 nitrogen and oxygen atoms in total. The van der Waals surface area contributed by atoms with E-state index in [2.05, 4.69) is 254 Å². The van der Waals surface area contributed by atoms with Gasteiger partial charge in [-0.15, -0.1) is 11.3 Å². The molecule has 1 aromatic heterocycles. The summed E-state index contributed by atoms with van der Waals surface area (Å²) in [7, 11) is 0. The van der Waals surface area contributed by atoms with Crippen molar-refractivity contribution in [1.29, 1.82) is 0 Å². The van der Waals surface area contributed by atoms with E-state index in [4.69, 9.17) is 0 Å². The first-order chi connectivity index (χ1) is 34.2. The number of benzene rings is 12. The topological polar surface area (TPSA) is 3.24 Å². The molecule has 2 heteroatoms. The van der Waals surface area contributed by atoms with E-state index in [9.17, 15) is 0 Å². The van der Waals surface area contributed by atoms with Gasteiger partial charge in [-0.1, -0.05) is 206 Å². The second-order valence-electron chi connectivity index (χ2n) is 18.7. The predicted molar refractivity (Wildman–Crippen MR) is 294 cm³/mol. The van der Waals surface area contributed by atoms with Crippen LogP contribution in [-0.4, -0.2) is 0 Å². The maximum Gasteiger partial charge on any atom is 0.0726 e. The first-order valence-electron chi connectivity index (χ1n) is 23.9. The van der Waals surface area contributed by atoms with Crippen molar-refractivity contribution < 1.29 is 0 Å². The zero-order valence-corrected chi connectivity index (χ0v) is 38.3. The summed E-state index contributed by atoms with van der Waals surface area (Å²) in [6.07, 6.45) is 0. The van der Waals surface area contributed by atoms with E-state index in [-0.39, 0.29) is 0 Å². The highest BCUT2D eigenvalue weighted by Gasteiger charge is 2.52. The lowest BCUT2D eigenvalue weighted by Gasteiger charge is -2.32. The van der Waals surface area contributed by atoms with Crippen LogP contribution in [0.25, 0.3) is 97.0 Å². The third-order valence-electron chi connectivity index (χ3n) is 15.3. The van der Waals surface area contributed by atoms with Crippen LogP contribution in [0.4, 0.5) is 17.1 Å². The molecule has 12 aromatic carbocycles. The van der Waals surface area contributed by atoms with Gasteiger partial charge in [0.25, 0.3) is 0 Å². The Morgan fingerprint density at radius 3 is 1.49 bits per heavy atom. The molecule has 15 rings (SSSR count).